The lowest BCUT2D eigenvalue weighted by atomic mass is 10.1. The van der Waals surface area contributed by atoms with Gasteiger partial charge >= 0.3 is 0 Å². The number of aromatic nitrogens is 2. The standard InChI is InChI=1S/C14H18BrN3/c1-3-6-16-8-12-4-5-14(11(2)7-12)18-10-13(15)9-17-18/h4-5,7,9-10,16H,3,6,8H2,1-2H3. The van der Waals surface area contributed by atoms with E-state index in [1.807, 2.05) is 10.9 Å². The number of aryl methyl sites for hydroxylation is 1. The van der Waals surface area contributed by atoms with Crippen LogP contribution < -0.4 is 5.32 Å². The highest BCUT2D eigenvalue weighted by Crippen LogP contribution is 2.17. The second-order valence-electron chi connectivity index (χ2n) is 4.40. The van der Waals surface area contributed by atoms with Gasteiger partial charge in [0, 0.05) is 12.7 Å². The molecule has 0 bridgehead atoms. The minimum atomic E-state index is 0.928. The monoisotopic (exact) mass is 307 g/mol. The Labute approximate surface area is 116 Å². The molecule has 0 fully saturated rings. The summed E-state index contributed by atoms with van der Waals surface area (Å²) < 4.78 is 2.89. The molecule has 1 heterocycles. The Bertz CT molecular complexity index is 520. The number of hydrogen-bond donors (Lipinski definition) is 1. The number of halogens is 1. The summed E-state index contributed by atoms with van der Waals surface area (Å²) in [6.07, 6.45) is 4.94. The number of rotatable bonds is 5. The van der Waals surface area contributed by atoms with Crippen LogP contribution in [0.25, 0.3) is 5.69 Å². The van der Waals surface area contributed by atoms with Gasteiger partial charge in [-0.2, -0.15) is 5.10 Å². The molecule has 1 aromatic heterocycles. The molecule has 0 aliphatic carbocycles. The molecule has 0 amide bonds. The molecule has 2 aromatic rings. The van der Waals surface area contributed by atoms with Crippen molar-refractivity contribution >= 4 is 15.9 Å². The second-order valence-corrected chi connectivity index (χ2v) is 5.32. The van der Waals surface area contributed by atoms with Crippen molar-refractivity contribution in [2.24, 2.45) is 0 Å². The average Bonchev–Trinajstić information content (AvgIpc) is 2.76. The molecule has 0 unspecified atom stereocenters. The van der Waals surface area contributed by atoms with E-state index in [9.17, 15) is 0 Å². The molecule has 0 saturated heterocycles. The number of benzene rings is 1. The van der Waals surface area contributed by atoms with E-state index < -0.39 is 0 Å². The van der Waals surface area contributed by atoms with E-state index in [1.54, 1.807) is 6.20 Å². The third-order valence-corrected chi connectivity index (χ3v) is 3.22. The second kappa shape index (κ2) is 6.16. The van der Waals surface area contributed by atoms with Crippen LogP contribution in [0.4, 0.5) is 0 Å². The first-order valence-corrected chi connectivity index (χ1v) is 7.01. The van der Waals surface area contributed by atoms with Crippen LogP contribution in [0.1, 0.15) is 24.5 Å². The van der Waals surface area contributed by atoms with Crippen molar-refractivity contribution in [2.45, 2.75) is 26.8 Å². The van der Waals surface area contributed by atoms with Crippen molar-refractivity contribution < 1.29 is 0 Å². The molecular weight excluding hydrogens is 290 g/mol. The maximum Gasteiger partial charge on any atom is 0.0675 e. The molecule has 1 N–H and O–H groups in total. The number of hydrogen-bond acceptors (Lipinski definition) is 2. The molecule has 2 rings (SSSR count). The Morgan fingerprint density at radius 1 is 1.39 bits per heavy atom. The molecule has 0 aliphatic rings. The fourth-order valence-corrected chi connectivity index (χ4v) is 2.21. The van der Waals surface area contributed by atoms with E-state index in [1.165, 1.54) is 17.5 Å². The van der Waals surface area contributed by atoms with Crippen molar-refractivity contribution in [1.29, 1.82) is 0 Å². The fraction of sp³-hybridized carbons (Fsp3) is 0.357. The summed E-state index contributed by atoms with van der Waals surface area (Å²) in [5.74, 6) is 0. The van der Waals surface area contributed by atoms with Crippen LogP contribution in [0.15, 0.2) is 35.1 Å². The summed E-state index contributed by atoms with van der Waals surface area (Å²) in [6, 6.07) is 6.49. The SMILES string of the molecule is CCCNCc1ccc(-n2cc(Br)cn2)c(C)c1. The van der Waals surface area contributed by atoms with Gasteiger partial charge in [-0.05, 0) is 53.0 Å². The minimum absolute atomic E-state index is 0.928. The van der Waals surface area contributed by atoms with Crippen molar-refractivity contribution in [3.05, 3.63) is 46.2 Å². The molecule has 1 aromatic carbocycles. The van der Waals surface area contributed by atoms with Crippen molar-refractivity contribution in [3.8, 4) is 5.69 Å². The lowest BCUT2D eigenvalue weighted by Crippen LogP contribution is -2.14. The molecular formula is C14H18BrN3. The summed E-state index contributed by atoms with van der Waals surface area (Å²) in [6.45, 7) is 6.29. The van der Waals surface area contributed by atoms with Gasteiger partial charge in [-0.3, -0.25) is 0 Å². The van der Waals surface area contributed by atoms with Crippen LogP contribution in [-0.2, 0) is 6.54 Å². The lowest BCUT2D eigenvalue weighted by molar-refractivity contribution is 0.675. The maximum absolute atomic E-state index is 4.31. The van der Waals surface area contributed by atoms with E-state index in [0.717, 1.165) is 23.2 Å². The van der Waals surface area contributed by atoms with Gasteiger partial charge in [0.25, 0.3) is 0 Å². The molecule has 96 valence electrons. The molecule has 0 aliphatic heterocycles. The largest absolute Gasteiger partial charge is 0.313 e. The fourth-order valence-electron chi connectivity index (χ4n) is 1.93. The summed E-state index contributed by atoms with van der Waals surface area (Å²) in [4.78, 5) is 0. The van der Waals surface area contributed by atoms with Crippen molar-refractivity contribution in [1.82, 2.24) is 15.1 Å². The predicted octanol–water partition coefficient (Wildman–Crippen LogP) is 3.44. The zero-order valence-electron chi connectivity index (χ0n) is 10.8. The van der Waals surface area contributed by atoms with Gasteiger partial charge in [0.05, 0.1) is 16.4 Å². The summed E-state index contributed by atoms with van der Waals surface area (Å²) in [7, 11) is 0. The van der Waals surface area contributed by atoms with Crippen LogP contribution in [0, 0.1) is 6.92 Å². The quantitative estimate of drug-likeness (QED) is 0.858. The van der Waals surface area contributed by atoms with Crippen molar-refractivity contribution in [2.75, 3.05) is 6.54 Å². The Morgan fingerprint density at radius 2 is 2.22 bits per heavy atom. The average molecular weight is 308 g/mol. The first-order chi connectivity index (χ1) is 8.70. The van der Waals surface area contributed by atoms with E-state index in [-0.39, 0.29) is 0 Å². The van der Waals surface area contributed by atoms with Crippen LogP contribution in [-0.4, -0.2) is 16.3 Å². The van der Waals surface area contributed by atoms with Crippen LogP contribution in [0.2, 0.25) is 0 Å². The minimum Gasteiger partial charge on any atom is -0.313 e. The van der Waals surface area contributed by atoms with Gasteiger partial charge in [-0.1, -0.05) is 19.1 Å². The third-order valence-electron chi connectivity index (χ3n) is 2.82. The highest BCUT2D eigenvalue weighted by molar-refractivity contribution is 9.10. The normalized spacial score (nSPS) is 10.8. The van der Waals surface area contributed by atoms with Crippen LogP contribution in [0.5, 0.6) is 0 Å². The molecule has 0 spiro atoms. The van der Waals surface area contributed by atoms with E-state index >= 15 is 0 Å². The number of nitrogens with one attached hydrogen (secondary N) is 1. The summed E-state index contributed by atoms with van der Waals surface area (Å²) in [5, 5.41) is 7.72. The summed E-state index contributed by atoms with van der Waals surface area (Å²) in [5.41, 5.74) is 3.68. The molecule has 18 heavy (non-hydrogen) atoms. The van der Waals surface area contributed by atoms with Gasteiger partial charge in [-0.25, -0.2) is 4.68 Å². The topological polar surface area (TPSA) is 29.9 Å². The smallest absolute Gasteiger partial charge is 0.0675 e. The van der Waals surface area contributed by atoms with Gasteiger partial charge in [0.2, 0.25) is 0 Å². The highest BCUT2D eigenvalue weighted by Gasteiger charge is 2.03. The zero-order valence-corrected chi connectivity index (χ0v) is 12.4. The lowest BCUT2D eigenvalue weighted by Gasteiger charge is -2.09. The first kappa shape index (κ1) is 13.3. The Kier molecular flexibility index (Phi) is 4.55. The predicted molar refractivity (Wildman–Crippen MR) is 78.0 cm³/mol. The van der Waals surface area contributed by atoms with Crippen LogP contribution >= 0.6 is 15.9 Å². The zero-order chi connectivity index (χ0) is 13.0. The van der Waals surface area contributed by atoms with Gasteiger partial charge in [0.15, 0.2) is 0 Å². The molecule has 4 heteroatoms. The van der Waals surface area contributed by atoms with Gasteiger partial charge < -0.3 is 5.32 Å². The first-order valence-electron chi connectivity index (χ1n) is 6.21. The van der Waals surface area contributed by atoms with Gasteiger partial charge in [-0.15, -0.1) is 0 Å². The van der Waals surface area contributed by atoms with E-state index in [4.69, 9.17) is 0 Å². The molecule has 0 radical (unpaired) electrons. The Hall–Kier alpha value is -1.13. The Balaban J connectivity index is 2.15. The molecule has 0 saturated carbocycles. The Morgan fingerprint density at radius 3 is 2.83 bits per heavy atom. The van der Waals surface area contributed by atoms with Gasteiger partial charge in [0.1, 0.15) is 0 Å². The summed E-state index contributed by atoms with van der Waals surface area (Å²) >= 11 is 3.42. The third kappa shape index (κ3) is 3.21. The van der Waals surface area contributed by atoms with Crippen LogP contribution in [0.3, 0.4) is 0 Å². The molecule has 3 nitrogen and oxygen atoms in total. The van der Waals surface area contributed by atoms with E-state index in [0.29, 0.717) is 0 Å². The maximum atomic E-state index is 4.31. The number of nitrogens with zero attached hydrogens (tertiary/aromatic N) is 2. The highest BCUT2D eigenvalue weighted by atomic mass is 79.9. The van der Waals surface area contributed by atoms with Crippen molar-refractivity contribution in [3.63, 3.8) is 0 Å². The van der Waals surface area contributed by atoms with E-state index in [2.05, 4.69) is 58.4 Å². The molecule has 0 atom stereocenters.